The summed E-state index contributed by atoms with van der Waals surface area (Å²) < 4.78 is 37.4. The molecule has 10 nitrogen and oxygen atoms in total. The van der Waals surface area contributed by atoms with Gasteiger partial charge < -0.3 is 33.7 Å². The fraction of sp³-hybridized carbons (Fsp3) is 0.607. The highest BCUT2D eigenvalue weighted by Crippen LogP contribution is 2.32. The molecule has 1 aromatic heterocycles. The lowest BCUT2D eigenvalue weighted by molar-refractivity contribution is -0.138. The standard InChI is InChI=1S/C28H36FN3O7/c1-15(2)9-21(28(35)32-12-20(29)26-24(32)22(33)14-38-26)30-27(34)25-16(3)19-10-17(5-6-23(19)39-25)37-13-18-11-31(4)7-8-36-18/h5-6,10,15,18,20-21,24,26H,7-9,11-14H2,1-4H3,(H,30,34)/t18?,20-,21?,24+,26+/m0/s1. The zero-order valence-corrected chi connectivity index (χ0v) is 22.8. The van der Waals surface area contributed by atoms with Crippen LogP contribution in [0.25, 0.3) is 11.0 Å². The quantitative estimate of drug-likeness (QED) is 0.537. The lowest BCUT2D eigenvalue weighted by atomic mass is 10.0. The lowest BCUT2D eigenvalue weighted by Crippen LogP contribution is -2.52. The number of amides is 2. The lowest BCUT2D eigenvalue weighted by Gasteiger charge is -2.29. The van der Waals surface area contributed by atoms with E-state index in [0.29, 0.717) is 36.5 Å². The molecule has 11 heteroatoms. The summed E-state index contributed by atoms with van der Waals surface area (Å²) >= 11 is 0. The van der Waals surface area contributed by atoms with E-state index in [2.05, 4.69) is 10.2 Å². The number of halogens is 1. The number of carbonyl (C=O) groups is 3. The second-order valence-corrected chi connectivity index (χ2v) is 11.1. The first-order valence-electron chi connectivity index (χ1n) is 13.5. The Hall–Kier alpha value is -3.02. The fourth-order valence-electron chi connectivity index (χ4n) is 5.60. The Morgan fingerprint density at radius 2 is 2.03 bits per heavy atom. The van der Waals surface area contributed by atoms with Gasteiger partial charge in [0, 0.05) is 24.0 Å². The summed E-state index contributed by atoms with van der Waals surface area (Å²) in [4.78, 5) is 42.6. The van der Waals surface area contributed by atoms with Crippen molar-refractivity contribution in [1.82, 2.24) is 15.1 Å². The van der Waals surface area contributed by atoms with Crippen LogP contribution in [0.4, 0.5) is 4.39 Å². The van der Waals surface area contributed by atoms with Crippen molar-refractivity contribution in [2.24, 2.45) is 5.92 Å². The van der Waals surface area contributed by atoms with Crippen LogP contribution in [0.15, 0.2) is 22.6 Å². The molecule has 1 aromatic carbocycles. The van der Waals surface area contributed by atoms with Gasteiger partial charge in [0.2, 0.25) is 5.91 Å². The molecule has 3 fully saturated rings. The number of nitrogens with zero attached hydrogens (tertiary/aromatic N) is 2. The zero-order valence-electron chi connectivity index (χ0n) is 22.8. The summed E-state index contributed by atoms with van der Waals surface area (Å²) in [5, 5.41) is 3.51. The van der Waals surface area contributed by atoms with Gasteiger partial charge in [0.05, 0.1) is 13.2 Å². The topological polar surface area (TPSA) is 111 Å². The summed E-state index contributed by atoms with van der Waals surface area (Å²) in [7, 11) is 2.05. The van der Waals surface area contributed by atoms with E-state index in [4.69, 9.17) is 18.6 Å². The number of hydrogen-bond donors (Lipinski definition) is 1. The van der Waals surface area contributed by atoms with Crippen molar-refractivity contribution in [2.45, 2.75) is 57.7 Å². The van der Waals surface area contributed by atoms with Crippen LogP contribution in [0.5, 0.6) is 5.75 Å². The first-order chi connectivity index (χ1) is 18.6. The molecule has 2 aromatic rings. The number of carbonyl (C=O) groups excluding carboxylic acids is 3. The smallest absolute Gasteiger partial charge is 0.287 e. The number of Topliss-reactive ketones (excluding diaryl/α,β-unsaturated/α-hetero) is 1. The van der Waals surface area contributed by atoms with Gasteiger partial charge in [-0.25, -0.2) is 4.39 Å². The minimum Gasteiger partial charge on any atom is -0.491 e. The van der Waals surface area contributed by atoms with E-state index in [-0.39, 0.29) is 36.7 Å². The predicted octanol–water partition coefficient (Wildman–Crippen LogP) is 2.11. The number of morpholine rings is 1. The summed E-state index contributed by atoms with van der Waals surface area (Å²) in [5.41, 5.74) is 1.13. The van der Waals surface area contributed by atoms with E-state index in [1.807, 2.05) is 27.0 Å². The Balaban J connectivity index is 1.30. The molecule has 5 rings (SSSR count). The van der Waals surface area contributed by atoms with Crippen LogP contribution in [-0.4, -0.2) is 104 Å². The van der Waals surface area contributed by atoms with Crippen LogP contribution in [0.2, 0.25) is 0 Å². The minimum atomic E-state index is -1.44. The molecule has 0 saturated carbocycles. The van der Waals surface area contributed by atoms with Crippen molar-refractivity contribution in [3.8, 4) is 5.75 Å². The Morgan fingerprint density at radius 3 is 2.77 bits per heavy atom. The number of likely N-dealkylation sites (tertiary alicyclic amines) is 1. The van der Waals surface area contributed by atoms with Crippen molar-refractivity contribution < 1.29 is 37.4 Å². The van der Waals surface area contributed by atoms with Gasteiger partial charge in [-0.3, -0.25) is 14.4 Å². The van der Waals surface area contributed by atoms with Crippen LogP contribution in [0.3, 0.4) is 0 Å². The molecular weight excluding hydrogens is 509 g/mol. The molecule has 3 aliphatic rings. The van der Waals surface area contributed by atoms with Crippen LogP contribution in [0.1, 0.15) is 36.4 Å². The number of alkyl halides is 1. The zero-order chi connectivity index (χ0) is 27.8. The number of hydrogen-bond acceptors (Lipinski definition) is 8. The monoisotopic (exact) mass is 545 g/mol. The van der Waals surface area contributed by atoms with Crippen molar-refractivity contribution in [3.63, 3.8) is 0 Å². The summed E-state index contributed by atoms with van der Waals surface area (Å²) in [5.74, 6) is -0.591. The maximum absolute atomic E-state index is 14.5. The third kappa shape index (κ3) is 5.66. The van der Waals surface area contributed by atoms with Crippen molar-refractivity contribution in [3.05, 3.63) is 29.5 Å². The molecule has 0 bridgehead atoms. The number of ether oxygens (including phenoxy) is 3. The van der Waals surface area contributed by atoms with E-state index in [9.17, 15) is 18.8 Å². The number of aryl methyl sites for hydroxylation is 1. The normalized spacial score (nSPS) is 26.3. The Labute approximate surface area is 226 Å². The van der Waals surface area contributed by atoms with E-state index in [1.165, 1.54) is 4.90 Å². The molecule has 0 aliphatic carbocycles. The number of nitrogens with one attached hydrogen (secondary N) is 1. The van der Waals surface area contributed by atoms with Crippen LogP contribution < -0.4 is 10.1 Å². The van der Waals surface area contributed by atoms with Crippen LogP contribution in [0, 0.1) is 12.8 Å². The van der Waals surface area contributed by atoms with E-state index in [0.717, 1.165) is 18.5 Å². The van der Waals surface area contributed by atoms with E-state index < -0.39 is 36.2 Å². The second kappa shape index (κ2) is 11.2. The SMILES string of the molecule is Cc1c(C(=O)NC(CC(C)C)C(=O)N2C[C@H](F)[C@H]3OCC(=O)[C@H]32)oc2ccc(OCC3CN(C)CCO3)cc12. The average molecular weight is 546 g/mol. The number of rotatable bonds is 8. The highest BCUT2D eigenvalue weighted by molar-refractivity contribution is 6.02. The largest absolute Gasteiger partial charge is 0.491 e. The third-order valence-electron chi connectivity index (χ3n) is 7.61. The maximum Gasteiger partial charge on any atom is 0.287 e. The van der Waals surface area contributed by atoms with Gasteiger partial charge in [0.1, 0.15) is 55.0 Å². The number of likely N-dealkylation sites (N-methyl/N-ethyl adjacent to an activating group) is 1. The Morgan fingerprint density at radius 1 is 1.23 bits per heavy atom. The number of fused-ring (bicyclic) bond motifs is 2. The molecule has 39 heavy (non-hydrogen) atoms. The molecule has 5 atom stereocenters. The van der Waals surface area contributed by atoms with Gasteiger partial charge in [-0.15, -0.1) is 0 Å². The number of furan rings is 1. The summed E-state index contributed by atoms with van der Waals surface area (Å²) in [6.07, 6.45) is -2.09. The van der Waals surface area contributed by atoms with Gasteiger partial charge in [-0.1, -0.05) is 13.8 Å². The third-order valence-corrected chi connectivity index (χ3v) is 7.61. The highest BCUT2D eigenvalue weighted by atomic mass is 19.1. The molecule has 0 spiro atoms. The molecule has 3 aliphatic heterocycles. The summed E-state index contributed by atoms with van der Waals surface area (Å²) in [6, 6.07) is 3.45. The molecule has 2 amide bonds. The maximum atomic E-state index is 14.5. The van der Waals surface area contributed by atoms with Crippen molar-refractivity contribution in [2.75, 3.05) is 46.5 Å². The molecule has 0 radical (unpaired) electrons. The van der Waals surface area contributed by atoms with Gasteiger partial charge in [-0.05, 0) is 44.5 Å². The van der Waals surface area contributed by atoms with Gasteiger partial charge in [0.15, 0.2) is 11.5 Å². The highest BCUT2D eigenvalue weighted by Gasteiger charge is 2.53. The molecule has 4 heterocycles. The van der Waals surface area contributed by atoms with Crippen molar-refractivity contribution in [1.29, 1.82) is 0 Å². The summed E-state index contributed by atoms with van der Waals surface area (Å²) in [6.45, 7) is 7.93. The first-order valence-corrected chi connectivity index (χ1v) is 13.5. The second-order valence-electron chi connectivity index (χ2n) is 11.1. The van der Waals surface area contributed by atoms with Gasteiger partial charge in [0.25, 0.3) is 5.91 Å². The fourth-order valence-corrected chi connectivity index (χ4v) is 5.60. The van der Waals surface area contributed by atoms with Crippen LogP contribution in [-0.2, 0) is 19.1 Å². The molecular formula is C28H36FN3O7. The van der Waals surface area contributed by atoms with Gasteiger partial charge in [-0.2, -0.15) is 0 Å². The Bertz CT molecular complexity index is 1250. The predicted molar refractivity (Wildman–Crippen MR) is 140 cm³/mol. The molecule has 2 unspecified atom stereocenters. The Kier molecular flexibility index (Phi) is 7.93. The first kappa shape index (κ1) is 27.5. The van der Waals surface area contributed by atoms with Crippen LogP contribution >= 0.6 is 0 Å². The average Bonchev–Trinajstić information content (AvgIpc) is 3.55. The van der Waals surface area contributed by atoms with E-state index in [1.54, 1.807) is 19.1 Å². The molecule has 3 saturated heterocycles. The minimum absolute atomic E-state index is 0.0219. The number of benzene rings is 1. The number of ketones is 1. The van der Waals surface area contributed by atoms with Crippen molar-refractivity contribution >= 4 is 28.6 Å². The van der Waals surface area contributed by atoms with E-state index >= 15 is 0 Å². The molecule has 1 N–H and O–H groups in total. The van der Waals surface area contributed by atoms with Gasteiger partial charge >= 0.3 is 0 Å². The molecule has 212 valence electrons.